The van der Waals surface area contributed by atoms with E-state index in [4.69, 9.17) is 9.26 Å². The first kappa shape index (κ1) is 14.5. The highest BCUT2D eigenvalue weighted by atomic mass is 19.1. The van der Waals surface area contributed by atoms with Crippen LogP contribution >= 0.6 is 0 Å². The fourth-order valence-electron chi connectivity index (χ4n) is 2.63. The van der Waals surface area contributed by atoms with E-state index in [0.717, 1.165) is 6.42 Å². The summed E-state index contributed by atoms with van der Waals surface area (Å²) in [5.41, 5.74) is 0.0155. The number of aromatic nitrogens is 2. The number of halogens is 1. The van der Waals surface area contributed by atoms with Gasteiger partial charge in [-0.05, 0) is 25.5 Å². The van der Waals surface area contributed by atoms with Crippen molar-refractivity contribution >= 4 is 5.91 Å². The van der Waals surface area contributed by atoms with E-state index in [2.05, 4.69) is 10.1 Å². The van der Waals surface area contributed by atoms with Gasteiger partial charge in [0.25, 0.3) is 5.91 Å². The Morgan fingerprint density at radius 3 is 3.00 bits per heavy atom. The highest BCUT2D eigenvalue weighted by molar-refractivity contribution is 5.95. The second-order valence-electron chi connectivity index (χ2n) is 5.24. The number of likely N-dealkylation sites (tertiary alicyclic amines) is 1. The van der Waals surface area contributed by atoms with Crippen LogP contribution < -0.4 is 4.74 Å². The van der Waals surface area contributed by atoms with Gasteiger partial charge >= 0.3 is 0 Å². The van der Waals surface area contributed by atoms with Crippen molar-refractivity contribution in [2.24, 2.45) is 0 Å². The SMILES string of the molecule is COc1cccc(C(=O)N2CCC(c3nc(C)no3)C2)c1F. The van der Waals surface area contributed by atoms with Gasteiger partial charge in [0.1, 0.15) is 0 Å². The number of aryl methyl sites for hydroxylation is 1. The first-order valence-corrected chi connectivity index (χ1v) is 7.02. The van der Waals surface area contributed by atoms with Crippen molar-refractivity contribution in [3.63, 3.8) is 0 Å². The lowest BCUT2D eigenvalue weighted by atomic mass is 10.1. The summed E-state index contributed by atoms with van der Waals surface area (Å²) in [4.78, 5) is 18.3. The van der Waals surface area contributed by atoms with Crippen molar-refractivity contribution in [1.29, 1.82) is 0 Å². The zero-order chi connectivity index (χ0) is 15.7. The van der Waals surface area contributed by atoms with E-state index in [1.54, 1.807) is 17.9 Å². The maximum Gasteiger partial charge on any atom is 0.256 e. The fourth-order valence-corrected chi connectivity index (χ4v) is 2.63. The molecule has 2 aromatic rings. The van der Waals surface area contributed by atoms with Crippen molar-refractivity contribution < 1.29 is 18.4 Å². The quantitative estimate of drug-likeness (QED) is 0.869. The van der Waals surface area contributed by atoms with Crippen LogP contribution in [0.5, 0.6) is 5.75 Å². The van der Waals surface area contributed by atoms with Crippen LogP contribution in [0.25, 0.3) is 0 Å². The van der Waals surface area contributed by atoms with Gasteiger partial charge in [-0.1, -0.05) is 11.2 Å². The smallest absolute Gasteiger partial charge is 0.256 e. The lowest BCUT2D eigenvalue weighted by Crippen LogP contribution is -2.29. The molecule has 1 amide bonds. The number of ether oxygens (including phenoxy) is 1. The molecule has 1 unspecified atom stereocenters. The number of benzene rings is 1. The summed E-state index contributed by atoms with van der Waals surface area (Å²) >= 11 is 0. The maximum absolute atomic E-state index is 14.2. The van der Waals surface area contributed by atoms with Crippen LogP contribution in [-0.4, -0.2) is 41.1 Å². The van der Waals surface area contributed by atoms with Crippen LogP contribution in [-0.2, 0) is 0 Å². The number of nitrogens with zero attached hydrogens (tertiary/aromatic N) is 3. The molecule has 1 aromatic heterocycles. The van der Waals surface area contributed by atoms with Gasteiger partial charge in [-0.15, -0.1) is 0 Å². The predicted molar refractivity (Wildman–Crippen MR) is 75.2 cm³/mol. The second kappa shape index (κ2) is 5.75. The lowest BCUT2D eigenvalue weighted by molar-refractivity contribution is 0.0784. The number of methoxy groups -OCH3 is 1. The topological polar surface area (TPSA) is 68.5 Å². The first-order chi connectivity index (χ1) is 10.6. The van der Waals surface area contributed by atoms with Gasteiger partial charge in [0.05, 0.1) is 18.6 Å². The monoisotopic (exact) mass is 305 g/mol. The van der Waals surface area contributed by atoms with E-state index in [1.165, 1.54) is 19.2 Å². The Morgan fingerprint density at radius 2 is 2.32 bits per heavy atom. The zero-order valence-electron chi connectivity index (χ0n) is 12.4. The molecule has 1 fully saturated rings. The number of hydrogen-bond acceptors (Lipinski definition) is 5. The molecular weight excluding hydrogens is 289 g/mol. The Kier molecular flexibility index (Phi) is 3.79. The van der Waals surface area contributed by atoms with Gasteiger partial charge in [-0.3, -0.25) is 4.79 Å². The molecule has 2 heterocycles. The summed E-state index contributed by atoms with van der Waals surface area (Å²) in [6.45, 7) is 2.72. The lowest BCUT2D eigenvalue weighted by Gasteiger charge is -2.17. The van der Waals surface area contributed by atoms with E-state index in [1.807, 2.05) is 0 Å². The van der Waals surface area contributed by atoms with Crippen LogP contribution in [0.1, 0.15) is 34.4 Å². The average molecular weight is 305 g/mol. The second-order valence-corrected chi connectivity index (χ2v) is 5.24. The van der Waals surface area contributed by atoms with Crippen molar-refractivity contribution in [2.45, 2.75) is 19.3 Å². The minimum atomic E-state index is -0.632. The molecule has 3 rings (SSSR count). The molecule has 0 spiro atoms. The molecule has 0 bridgehead atoms. The summed E-state index contributed by atoms with van der Waals surface area (Å²) in [6.07, 6.45) is 0.721. The fraction of sp³-hybridized carbons (Fsp3) is 0.400. The largest absolute Gasteiger partial charge is 0.494 e. The van der Waals surface area contributed by atoms with E-state index < -0.39 is 5.82 Å². The Balaban J connectivity index is 1.77. The third kappa shape index (κ3) is 2.54. The van der Waals surface area contributed by atoms with Gasteiger partial charge in [0.2, 0.25) is 5.89 Å². The highest BCUT2D eigenvalue weighted by Gasteiger charge is 2.32. The van der Waals surface area contributed by atoms with E-state index >= 15 is 0 Å². The molecule has 116 valence electrons. The van der Waals surface area contributed by atoms with Crippen molar-refractivity contribution in [1.82, 2.24) is 15.0 Å². The molecule has 0 aliphatic carbocycles. The normalized spacial score (nSPS) is 17.8. The van der Waals surface area contributed by atoms with Gasteiger partial charge in [-0.2, -0.15) is 4.98 Å². The van der Waals surface area contributed by atoms with E-state index in [0.29, 0.717) is 24.8 Å². The summed E-state index contributed by atoms with van der Waals surface area (Å²) in [5.74, 6) is 0.174. The minimum Gasteiger partial charge on any atom is -0.494 e. The number of carbonyl (C=O) groups excluding carboxylic acids is 1. The minimum absolute atomic E-state index is 0.00109. The molecule has 22 heavy (non-hydrogen) atoms. The summed E-state index contributed by atoms with van der Waals surface area (Å²) in [5, 5.41) is 3.76. The molecule has 1 aromatic carbocycles. The van der Waals surface area contributed by atoms with Gasteiger partial charge in [0, 0.05) is 13.1 Å². The first-order valence-electron chi connectivity index (χ1n) is 7.02. The van der Waals surface area contributed by atoms with Crippen LogP contribution in [0.15, 0.2) is 22.7 Å². The van der Waals surface area contributed by atoms with Crippen LogP contribution in [0, 0.1) is 12.7 Å². The number of carbonyl (C=O) groups is 1. The highest BCUT2D eigenvalue weighted by Crippen LogP contribution is 2.28. The molecular formula is C15H16FN3O3. The summed E-state index contributed by atoms with van der Waals surface area (Å²) in [6, 6.07) is 4.55. The number of hydrogen-bond donors (Lipinski definition) is 0. The van der Waals surface area contributed by atoms with Crippen molar-refractivity contribution in [2.75, 3.05) is 20.2 Å². The zero-order valence-corrected chi connectivity index (χ0v) is 12.4. The molecule has 0 N–H and O–H groups in total. The van der Waals surface area contributed by atoms with Crippen LogP contribution in [0.3, 0.4) is 0 Å². The molecule has 1 saturated heterocycles. The molecule has 7 heteroatoms. The van der Waals surface area contributed by atoms with Gasteiger partial charge < -0.3 is 14.2 Å². The Labute approximate surface area is 126 Å². The van der Waals surface area contributed by atoms with Crippen molar-refractivity contribution in [3.8, 4) is 5.75 Å². The molecule has 6 nitrogen and oxygen atoms in total. The average Bonchev–Trinajstić information content (AvgIpc) is 3.15. The van der Waals surface area contributed by atoms with Crippen LogP contribution in [0.4, 0.5) is 4.39 Å². The van der Waals surface area contributed by atoms with E-state index in [9.17, 15) is 9.18 Å². The predicted octanol–water partition coefficient (Wildman–Crippen LogP) is 2.16. The van der Waals surface area contributed by atoms with E-state index in [-0.39, 0.29) is 23.1 Å². The maximum atomic E-state index is 14.2. The third-order valence-electron chi connectivity index (χ3n) is 3.78. The number of rotatable bonds is 3. The van der Waals surface area contributed by atoms with Gasteiger partial charge in [-0.25, -0.2) is 4.39 Å². The summed E-state index contributed by atoms with van der Waals surface area (Å²) in [7, 11) is 1.37. The Bertz CT molecular complexity index is 701. The Morgan fingerprint density at radius 1 is 1.50 bits per heavy atom. The Hall–Kier alpha value is -2.44. The molecule has 1 aliphatic heterocycles. The third-order valence-corrected chi connectivity index (χ3v) is 3.78. The van der Waals surface area contributed by atoms with Crippen LogP contribution in [0.2, 0.25) is 0 Å². The number of amides is 1. The van der Waals surface area contributed by atoms with Crippen molar-refractivity contribution in [3.05, 3.63) is 41.3 Å². The van der Waals surface area contributed by atoms with Gasteiger partial charge in [0.15, 0.2) is 17.4 Å². The standard InChI is InChI=1S/C15H16FN3O3/c1-9-17-14(22-18-9)10-6-7-19(8-10)15(20)11-4-3-5-12(21-2)13(11)16/h3-5,10H,6-8H2,1-2H3. The molecule has 0 radical (unpaired) electrons. The summed E-state index contributed by atoms with van der Waals surface area (Å²) < 4.78 is 24.2. The molecule has 0 saturated carbocycles. The molecule has 1 aliphatic rings. The molecule has 1 atom stereocenters.